The van der Waals surface area contributed by atoms with Crippen LogP contribution in [0.2, 0.25) is 0 Å². The summed E-state index contributed by atoms with van der Waals surface area (Å²) in [7, 11) is 0. The van der Waals surface area contributed by atoms with Crippen molar-refractivity contribution in [1.82, 2.24) is 9.97 Å². The smallest absolute Gasteiger partial charge is 0.174 e. The van der Waals surface area contributed by atoms with Crippen LogP contribution in [0, 0.1) is 11.3 Å². The molecule has 3 aromatic rings. The third-order valence-corrected chi connectivity index (χ3v) is 2.83. The van der Waals surface area contributed by atoms with Gasteiger partial charge in [0.2, 0.25) is 0 Å². The third kappa shape index (κ3) is 1.87. The van der Waals surface area contributed by atoms with E-state index in [0.29, 0.717) is 6.42 Å². The van der Waals surface area contributed by atoms with Crippen LogP contribution in [0.5, 0.6) is 0 Å². The fraction of sp³-hybridized carbons (Fsp3) is 0.143. The lowest BCUT2D eigenvalue weighted by molar-refractivity contribution is 0.578. The van der Waals surface area contributed by atoms with E-state index in [0.717, 1.165) is 34.6 Å². The first-order valence-corrected chi connectivity index (χ1v) is 5.76. The molecule has 0 unspecified atom stereocenters. The number of imidazole rings is 1. The van der Waals surface area contributed by atoms with Gasteiger partial charge in [0.05, 0.1) is 23.4 Å². The minimum absolute atomic E-state index is 0.532. The van der Waals surface area contributed by atoms with Gasteiger partial charge in [0.25, 0.3) is 0 Å². The largest absolute Gasteiger partial charge is 0.461 e. The fourth-order valence-corrected chi connectivity index (χ4v) is 1.94. The summed E-state index contributed by atoms with van der Waals surface area (Å²) < 4.78 is 5.31. The lowest BCUT2D eigenvalue weighted by atomic mass is 10.1. The van der Waals surface area contributed by atoms with E-state index in [4.69, 9.17) is 9.68 Å². The first kappa shape index (κ1) is 10.6. The summed E-state index contributed by atoms with van der Waals surface area (Å²) in [6.07, 6.45) is 2.92. The Labute approximate surface area is 104 Å². The van der Waals surface area contributed by atoms with Crippen LogP contribution in [0.3, 0.4) is 0 Å². The molecule has 0 aliphatic heterocycles. The van der Waals surface area contributed by atoms with Crippen LogP contribution in [0.15, 0.2) is 41.0 Å². The summed E-state index contributed by atoms with van der Waals surface area (Å²) in [5.41, 5.74) is 3.01. The molecule has 1 aromatic carbocycles. The maximum absolute atomic E-state index is 8.59. The number of rotatable bonds is 3. The second-order valence-electron chi connectivity index (χ2n) is 4.07. The number of nitrogens with one attached hydrogen (secondary N) is 1. The molecule has 0 saturated heterocycles. The Hall–Kier alpha value is -2.54. The second kappa shape index (κ2) is 4.38. The molecular weight excluding hydrogens is 226 g/mol. The molecule has 0 amide bonds. The average Bonchev–Trinajstić information content (AvgIpc) is 3.03. The number of hydrogen-bond donors (Lipinski definition) is 1. The molecule has 0 atom stereocenters. The molecule has 18 heavy (non-hydrogen) atoms. The quantitative estimate of drug-likeness (QED) is 0.760. The second-order valence-corrected chi connectivity index (χ2v) is 4.07. The molecule has 88 valence electrons. The number of benzene rings is 1. The van der Waals surface area contributed by atoms with E-state index in [9.17, 15) is 0 Å². The number of aryl methyl sites for hydroxylation is 1. The zero-order chi connectivity index (χ0) is 12.4. The summed E-state index contributed by atoms with van der Waals surface area (Å²) in [6.45, 7) is 0. The van der Waals surface area contributed by atoms with Crippen LogP contribution in [0.1, 0.15) is 12.0 Å². The number of nitriles is 1. The van der Waals surface area contributed by atoms with Crippen LogP contribution in [0.4, 0.5) is 0 Å². The van der Waals surface area contributed by atoms with Crippen LogP contribution in [-0.4, -0.2) is 9.97 Å². The number of aromatic amines is 1. The Morgan fingerprint density at radius 2 is 2.28 bits per heavy atom. The van der Waals surface area contributed by atoms with E-state index < -0.39 is 0 Å². The molecule has 2 aromatic heterocycles. The van der Waals surface area contributed by atoms with Gasteiger partial charge in [-0.15, -0.1) is 0 Å². The van der Waals surface area contributed by atoms with E-state index in [1.165, 1.54) is 0 Å². The number of nitrogens with zero attached hydrogens (tertiary/aromatic N) is 2. The maximum atomic E-state index is 8.59. The van der Waals surface area contributed by atoms with E-state index in [2.05, 4.69) is 16.0 Å². The fourth-order valence-electron chi connectivity index (χ4n) is 1.94. The van der Waals surface area contributed by atoms with E-state index >= 15 is 0 Å². The van der Waals surface area contributed by atoms with Crippen LogP contribution in [-0.2, 0) is 6.42 Å². The Balaban J connectivity index is 2.00. The molecular formula is C14H11N3O. The van der Waals surface area contributed by atoms with Gasteiger partial charge in [0.15, 0.2) is 11.6 Å². The highest BCUT2D eigenvalue weighted by atomic mass is 16.3. The third-order valence-electron chi connectivity index (χ3n) is 2.83. The molecule has 0 spiro atoms. The van der Waals surface area contributed by atoms with Crippen LogP contribution >= 0.6 is 0 Å². The number of hydrogen-bond acceptors (Lipinski definition) is 3. The Morgan fingerprint density at radius 3 is 3.06 bits per heavy atom. The molecule has 0 aliphatic carbocycles. The molecule has 0 saturated carbocycles. The topological polar surface area (TPSA) is 65.6 Å². The highest BCUT2D eigenvalue weighted by molar-refractivity contribution is 5.79. The normalized spacial score (nSPS) is 10.6. The molecule has 0 fully saturated rings. The predicted molar refractivity (Wildman–Crippen MR) is 67.7 cm³/mol. The van der Waals surface area contributed by atoms with Crippen LogP contribution in [0.25, 0.3) is 22.6 Å². The van der Waals surface area contributed by atoms with Gasteiger partial charge in [-0.25, -0.2) is 4.98 Å². The van der Waals surface area contributed by atoms with E-state index in [1.807, 2.05) is 30.3 Å². The Bertz CT molecular complexity index is 704. The zero-order valence-corrected chi connectivity index (χ0v) is 9.68. The van der Waals surface area contributed by atoms with E-state index in [1.54, 1.807) is 6.26 Å². The molecule has 0 radical (unpaired) electrons. The van der Waals surface area contributed by atoms with Crippen molar-refractivity contribution in [1.29, 1.82) is 5.26 Å². The van der Waals surface area contributed by atoms with Crippen molar-refractivity contribution in [2.24, 2.45) is 0 Å². The van der Waals surface area contributed by atoms with Crippen molar-refractivity contribution in [3.63, 3.8) is 0 Å². The van der Waals surface area contributed by atoms with Gasteiger partial charge < -0.3 is 9.40 Å². The molecule has 4 heteroatoms. The summed E-state index contributed by atoms with van der Waals surface area (Å²) >= 11 is 0. The zero-order valence-electron chi connectivity index (χ0n) is 9.68. The molecule has 0 aliphatic rings. The summed E-state index contributed by atoms with van der Waals surface area (Å²) in [4.78, 5) is 7.69. The Kier molecular flexibility index (Phi) is 2.58. The lowest BCUT2D eigenvalue weighted by Crippen LogP contribution is -1.83. The highest BCUT2D eigenvalue weighted by Gasteiger charge is 2.07. The maximum Gasteiger partial charge on any atom is 0.174 e. The number of H-pyrrole nitrogens is 1. The summed E-state index contributed by atoms with van der Waals surface area (Å²) in [5.74, 6) is 1.46. The number of furan rings is 1. The lowest BCUT2D eigenvalue weighted by Gasteiger charge is -1.95. The van der Waals surface area contributed by atoms with Gasteiger partial charge in [-0.1, -0.05) is 6.07 Å². The SMILES string of the molecule is N#CCCc1ccc2nc(-c3ccco3)[nH]c2c1. The Morgan fingerprint density at radius 1 is 1.33 bits per heavy atom. The monoisotopic (exact) mass is 237 g/mol. The highest BCUT2D eigenvalue weighted by Crippen LogP contribution is 2.21. The first-order valence-electron chi connectivity index (χ1n) is 5.76. The van der Waals surface area contributed by atoms with E-state index in [-0.39, 0.29) is 0 Å². The molecule has 3 rings (SSSR count). The first-order chi connectivity index (χ1) is 8.86. The standard InChI is InChI=1S/C14H11N3O/c15-7-1-3-10-5-6-11-12(9-10)17-14(16-11)13-4-2-8-18-13/h2,4-6,8-9H,1,3H2,(H,16,17). The van der Waals surface area contributed by atoms with Crippen molar-refractivity contribution in [2.45, 2.75) is 12.8 Å². The van der Waals surface area contributed by atoms with Gasteiger partial charge in [-0.3, -0.25) is 0 Å². The van der Waals surface area contributed by atoms with Gasteiger partial charge in [-0.05, 0) is 36.2 Å². The molecule has 4 nitrogen and oxygen atoms in total. The number of fused-ring (bicyclic) bond motifs is 1. The molecule has 2 heterocycles. The van der Waals surface area contributed by atoms with Gasteiger partial charge in [0, 0.05) is 6.42 Å². The molecule has 0 bridgehead atoms. The average molecular weight is 237 g/mol. The van der Waals surface area contributed by atoms with Gasteiger partial charge >= 0.3 is 0 Å². The minimum atomic E-state index is 0.532. The van der Waals surface area contributed by atoms with Crippen molar-refractivity contribution in [3.8, 4) is 17.7 Å². The summed E-state index contributed by atoms with van der Waals surface area (Å²) in [6, 6.07) is 11.9. The predicted octanol–water partition coefficient (Wildman–Crippen LogP) is 3.28. The van der Waals surface area contributed by atoms with Crippen LogP contribution < -0.4 is 0 Å². The van der Waals surface area contributed by atoms with Gasteiger partial charge in [0.1, 0.15) is 0 Å². The van der Waals surface area contributed by atoms with Gasteiger partial charge in [-0.2, -0.15) is 5.26 Å². The number of aromatic nitrogens is 2. The summed E-state index contributed by atoms with van der Waals surface area (Å²) in [5, 5.41) is 8.59. The molecule has 1 N–H and O–H groups in total. The van der Waals surface area contributed by atoms with Crippen molar-refractivity contribution in [2.75, 3.05) is 0 Å². The van der Waals surface area contributed by atoms with Crippen molar-refractivity contribution < 1.29 is 4.42 Å². The minimum Gasteiger partial charge on any atom is -0.461 e. The van der Waals surface area contributed by atoms with Crippen molar-refractivity contribution in [3.05, 3.63) is 42.2 Å². The van der Waals surface area contributed by atoms with Crippen molar-refractivity contribution >= 4 is 11.0 Å².